The van der Waals surface area contributed by atoms with Gasteiger partial charge in [-0.3, -0.25) is 0 Å². The topological polar surface area (TPSA) is 39.1 Å². The van der Waals surface area contributed by atoms with Gasteiger partial charge in [-0.25, -0.2) is 4.98 Å². The minimum Gasteiger partial charge on any atom is -0.382 e. The molecule has 110 valence electrons. The van der Waals surface area contributed by atoms with Gasteiger partial charge in [0.1, 0.15) is 5.82 Å². The van der Waals surface area contributed by atoms with Gasteiger partial charge in [0.25, 0.3) is 0 Å². The van der Waals surface area contributed by atoms with Gasteiger partial charge in [-0.05, 0) is 39.2 Å². The predicted octanol–water partition coefficient (Wildman–Crippen LogP) is 3.15. The van der Waals surface area contributed by atoms with Gasteiger partial charge in [-0.2, -0.15) is 0 Å². The maximum atomic E-state index is 5.35. The molecule has 0 saturated heterocycles. The molecular formula is C15H29N3O. The highest BCUT2D eigenvalue weighted by Crippen LogP contribution is 2.19. The molecule has 0 aliphatic carbocycles. The molecule has 19 heavy (non-hydrogen) atoms. The molecule has 1 N–H and O–H groups in total. The van der Waals surface area contributed by atoms with E-state index in [1.807, 2.05) is 6.20 Å². The first-order chi connectivity index (χ1) is 9.22. The SMILES string of the molecule is CCCNC(CCC(C)OC)c1nccn1CCC. The van der Waals surface area contributed by atoms with Crippen molar-refractivity contribution in [3.05, 3.63) is 18.2 Å². The molecule has 4 nitrogen and oxygen atoms in total. The average Bonchev–Trinajstić information content (AvgIpc) is 2.87. The van der Waals surface area contributed by atoms with Crippen LogP contribution in [-0.4, -0.2) is 29.3 Å². The van der Waals surface area contributed by atoms with E-state index in [1.54, 1.807) is 7.11 Å². The van der Waals surface area contributed by atoms with Gasteiger partial charge in [0, 0.05) is 26.0 Å². The van der Waals surface area contributed by atoms with Gasteiger partial charge in [0.15, 0.2) is 0 Å². The van der Waals surface area contributed by atoms with Gasteiger partial charge >= 0.3 is 0 Å². The molecular weight excluding hydrogens is 238 g/mol. The summed E-state index contributed by atoms with van der Waals surface area (Å²) >= 11 is 0. The highest BCUT2D eigenvalue weighted by Gasteiger charge is 2.17. The van der Waals surface area contributed by atoms with Crippen LogP contribution >= 0.6 is 0 Å². The number of hydrogen-bond acceptors (Lipinski definition) is 3. The summed E-state index contributed by atoms with van der Waals surface area (Å²) in [5, 5.41) is 3.61. The molecule has 2 unspecified atom stereocenters. The fourth-order valence-electron chi connectivity index (χ4n) is 2.22. The van der Waals surface area contributed by atoms with Gasteiger partial charge in [-0.15, -0.1) is 0 Å². The van der Waals surface area contributed by atoms with E-state index in [1.165, 1.54) is 5.82 Å². The highest BCUT2D eigenvalue weighted by molar-refractivity contribution is 4.99. The summed E-state index contributed by atoms with van der Waals surface area (Å²) in [5.41, 5.74) is 0. The van der Waals surface area contributed by atoms with E-state index in [9.17, 15) is 0 Å². The number of hydrogen-bond donors (Lipinski definition) is 1. The Bertz CT molecular complexity index is 338. The Morgan fingerprint density at radius 2 is 2.11 bits per heavy atom. The number of ether oxygens (including phenoxy) is 1. The monoisotopic (exact) mass is 267 g/mol. The molecule has 0 aliphatic rings. The lowest BCUT2D eigenvalue weighted by Crippen LogP contribution is -2.26. The van der Waals surface area contributed by atoms with E-state index >= 15 is 0 Å². The number of nitrogens with zero attached hydrogens (tertiary/aromatic N) is 2. The number of aromatic nitrogens is 2. The van der Waals surface area contributed by atoms with Crippen molar-refractivity contribution in [2.75, 3.05) is 13.7 Å². The van der Waals surface area contributed by atoms with Crippen LogP contribution in [0.3, 0.4) is 0 Å². The number of imidazole rings is 1. The van der Waals surface area contributed by atoms with Gasteiger partial charge in [0.05, 0.1) is 12.1 Å². The third-order valence-electron chi connectivity index (χ3n) is 3.43. The van der Waals surface area contributed by atoms with E-state index in [0.29, 0.717) is 12.1 Å². The number of aryl methyl sites for hydroxylation is 1. The third-order valence-corrected chi connectivity index (χ3v) is 3.43. The molecule has 0 bridgehead atoms. The van der Waals surface area contributed by atoms with Crippen molar-refractivity contribution in [1.82, 2.24) is 14.9 Å². The second-order valence-electron chi connectivity index (χ2n) is 5.11. The lowest BCUT2D eigenvalue weighted by molar-refractivity contribution is 0.105. The van der Waals surface area contributed by atoms with Crippen molar-refractivity contribution in [1.29, 1.82) is 0 Å². The summed E-state index contributed by atoms with van der Waals surface area (Å²) in [7, 11) is 1.77. The van der Waals surface area contributed by atoms with E-state index in [-0.39, 0.29) is 0 Å². The van der Waals surface area contributed by atoms with Crippen LogP contribution in [0.2, 0.25) is 0 Å². The zero-order valence-corrected chi connectivity index (χ0v) is 12.9. The molecule has 1 rings (SSSR count). The molecule has 0 fully saturated rings. The maximum absolute atomic E-state index is 5.35. The van der Waals surface area contributed by atoms with Crippen LogP contribution in [-0.2, 0) is 11.3 Å². The summed E-state index contributed by atoms with van der Waals surface area (Å²) in [6.45, 7) is 8.59. The lowest BCUT2D eigenvalue weighted by atomic mass is 10.1. The smallest absolute Gasteiger partial charge is 0.125 e. The minimum absolute atomic E-state index is 0.306. The van der Waals surface area contributed by atoms with Gasteiger partial charge < -0.3 is 14.6 Å². The van der Waals surface area contributed by atoms with Gasteiger partial charge in [-0.1, -0.05) is 13.8 Å². The average molecular weight is 267 g/mol. The molecule has 0 aliphatic heterocycles. The van der Waals surface area contributed by atoms with Crippen LogP contribution in [0.1, 0.15) is 58.3 Å². The standard InChI is InChI=1S/C15H29N3O/c1-5-9-16-14(8-7-13(3)19-4)15-17-10-12-18(15)11-6-2/h10,12-14,16H,5-9,11H2,1-4H3. The number of rotatable bonds is 10. The van der Waals surface area contributed by atoms with E-state index in [2.05, 4.69) is 41.8 Å². The van der Waals surface area contributed by atoms with Crippen molar-refractivity contribution in [2.24, 2.45) is 0 Å². The second-order valence-corrected chi connectivity index (χ2v) is 5.11. The summed E-state index contributed by atoms with van der Waals surface area (Å²) in [6.07, 6.45) is 8.70. The molecule has 0 amide bonds. The van der Waals surface area contributed by atoms with Crippen molar-refractivity contribution < 1.29 is 4.74 Å². The molecule has 1 heterocycles. The summed E-state index contributed by atoms with van der Waals surface area (Å²) in [6, 6.07) is 0.332. The first-order valence-corrected chi connectivity index (χ1v) is 7.50. The van der Waals surface area contributed by atoms with Crippen LogP contribution in [0, 0.1) is 0 Å². The Morgan fingerprint density at radius 1 is 1.32 bits per heavy atom. The third kappa shape index (κ3) is 5.33. The Balaban J connectivity index is 2.68. The molecule has 1 aromatic heterocycles. The zero-order chi connectivity index (χ0) is 14.1. The van der Waals surface area contributed by atoms with E-state index in [4.69, 9.17) is 4.74 Å². The fraction of sp³-hybridized carbons (Fsp3) is 0.800. The normalized spacial score (nSPS) is 14.5. The van der Waals surface area contributed by atoms with Crippen molar-refractivity contribution in [3.63, 3.8) is 0 Å². The Labute approximate surface area is 117 Å². The summed E-state index contributed by atoms with van der Waals surface area (Å²) in [4.78, 5) is 4.55. The minimum atomic E-state index is 0.306. The largest absolute Gasteiger partial charge is 0.382 e. The van der Waals surface area contributed by atoms with Crippen molar-refractivity contribution in [3.8, 4) is 0 Å². The predicted molar refractivity (Wildman–Crippen MR) is 79.3 cm³/mol. The van der Waals surface area contributed by atoms with Crippen LogP contribution in [0.15, 0.2) is 12.4 Å². The first-order valence-electron chi connectivity index (χ1n) is 7.50. The van der Waals surface area contributed by atoms with Crippen LogP contribution in [0.25, 0.3) is 0 Å². The Kier molecular flexibility index (Phi) is 7.75. The first kappa shape index (κ1) is 16.2. The molecule has 4 heteroatoms. The highest BCUT2D eigenvalue weighted by atomic mass is 16.5. The Hall–Kier alpha value is -0.870. The quantitative estimate of drug-likeness (QED) is 0.708. The van der Waals surface area contributed by atoms with Crippen LogP contribution in [0.5, 0.6) is 0 Å². The zero-order valence-electron chi connectivity index (χ0n) is 12.9. The van der Waals surface area contributed by atoms with E-state index < -0.39 is 0 Å². The molecule has 0 spiro atoms. The second kappa shape index (κ2) is 9.10. The van der Waals surface area contributed by atoms with Crippen molar-refractivity contribution in [2.45, 2.75) is 65.1 Å². The van der Waals surface area contributed by atoms with Crippen LogP contribution < -0.4 is 5.32 Å². The molecule has 2 atom stereocenters. The summed E-state index contributed by atoms with van der Waals surface area (Å²) in [5.74, 6) is 1.17. The molecule has 0 radical (unpaired) electrons. The van der Waals surface area contributed by atoms with Crippen molar-refractivity contribution >= 4 is 0 Å². The van der Waals surface area contributed by atoms with Crippen LogP contribution in [0.4, 0.5) is 0 Å². The number of methoxy groups -OCH3 is 1. The number of nitrogens with one attached hydrogen (secondary N) is 1. The molecule has 1 aromatic rings. The van der Waals surface area contributed by atoms with Gasteiger partial charge in [0.2, 0.25) is 0 Å². The summed E-state index contributed by atoms with van der Waals surface area (Å²) < 4.78 is 7.61. The van der Waals surface area contributed by atoms with E-state index in [0.717, 1.165) is 38.8 Å². The Morgan fingerprint density at radius 3 is 2.74 bits per heavy atom. The molecule has 0 saturated carbocycles. The maximum Gasteiger partial charge on any atom is 0.125 e. The molecule has 0 aromatic carbocycles. The lowest BCUT2D eigenvalue weighted by Gasteiger charge is -2.21. The fourth-order valence-corrected chi connectivity index (χ4v) is 2.22.